The van der Waals surface area contributed by atoms with Gasteiger partial charge in [0.1, 0.15) is 43.3 Å². The van der Waals surface area contributed by atoms with Crippen molar-refractivity contribution >= 4 is 57.0 Å². The minimum Gasteiger partial charge on any atom is -0.447 e. The molecule has 19 nitrogen and oxygen atoms in total. The van der Waals surface area contributed by atoms with Gasteiger partial charge in [0.15, 0.2) is 0 Å². The van der Waals surface area contributed by atoms with E-state index < -0.39 is 23.1 Å². The van der Waals surface area contributed by atoms with Crippen LogP contribution in [0.1, 0.15) is 78.8 Å². The van der Waals surface area contributed by atoms with Crippen LogP contribution in [-0.2, 0) is 47.7 Å². The Bertz CT molecular complexity index is 3750. The van der Waals surface area contributed by atoms with E-state index in [4.69, 9.17) is 19.8 Å². The highest BCUT2D eigenvalue weighted by Crippen LogP contribution is 2.51. The zero-order valence-electron chi connectivity index (χ0n) is 43.5. The van der Waals surface area contributed by atoms with Crippen LogP contribution in [0, 0.1) is 22.7 Å². The highest BCUT2D eigenvalue weighted by atomic mass is 16.8. The van der Waals surface area contributed by atoms with Gasteiger partial charge in [-0.2, -0.15) is 10.5 Å². The van der Waals surface area contributed by atoms with Gasteiger partial charge in [-0.1, -0.05) is 67.8 Å². The number of anilines is 2. The molecule has 1 aliphatic carbocycles. The molecule has 2 saturated heterocycles. The summed E-state index contributed by atoms with van der Waals surface area (Å²) in [6, 6.07) is 31.2. The van der Waals surface area contributed by atoms with Gasteiger partial charge >= 0.3 is 12.2 Å². The molecule has 8 aromatic rings. The number of carbonyl (C=O) groups is 4. The molecule has 1 saturated carbocycles. The van der Waals surface area contributed by atoms with E-state index in [2.05, 4.69) is 47.6 Å². The van der Waals surface area contributed by atoms with Crippen LogP contribution in [0.5, 0.6) is 0 Å². The van der Waals surface area contributed by atoms with Crippen LogP contribution in [-0.4, -0.2) is 103 Å². The summed E-state index contributed by atoms with van der Waals surface area (Å²) in [5.74, 6) is 0.117. The third-order valence-electron chi connectivity index (χ3n) is 15.6. The van der Waals surface area contributed by atoms with Crippen LogP contribution >= 0.6 is 0 Å². The van der Waals surface area contributed by atoms with Crippen LogP contribution in [0.25, 0.3) is 43.8 Å². The average Bonchev–Trinajstić information content (AvgIpc) is 4.22. The molecule has 4 aliphatic heterocycles. The summed E-state index contributed by atoms with van der Waals surface area (Å²) < 4.78 is 13.7. The maximum absolute atomic E-state index is 14.2. The SMILES string of the molecule is N#Cc1ccc(-c2c(CN3C(=O)C4(CCCCC4)c4ccncc43)ncc3ccccc23)cn1.N#Cc1ccc(-c2c(CN3C(=O)C4(CCN(C(=O)OCCO)CC4)c4ccncc43)ncc3ccccc23)cn1.O=C1OCCO1. The number of benzene rings is 2. The van der Waals surface area contributed by atoms with Gasteiger partial charge in [0.2, 0.25) is 11.8 Å². The maximum Gasteiger partial charge on any atom is 0.508 e. The first-order valence-corrected chi connectivity index (χ1v) is 26.5. The molecule has 6 aromatic heterocycles. The predicted molar refractivity (Wildman–Crippen MR) is 293 cm³/mol. The molecule has 80 heavy (non-hydrogen) atoms. The Hall–Kier alpha value is -9.72. The van der Waals surface area contributed by atoms with Crippen molar-refractivity contribution in [3.63, 3.8) is 0 Å². The molecule has 2 spiro atoms. The van der Waals surface area contributed by atoms with E-state index in [1.807, 2.05) is 90.2 Å². The second kappa shape index (κ2) is 22.7. The fourth-order valence-corrected chi connectivity index (χ4v) is 11.8. The number of amides is 3. The fraction of sp³-hybridized carbons (Fsp3) is 0.279. The molecule has 19 heteroatoms. The smallest absolute Gasteiger partial charge is 0.447 e. The number of aliphatic hydroxyl groups excluding tert-OH is 1. The van der Waals surface area contributed by atoms with Crippen molar-refractivity contribution < 1.29 is 38.5 Å². The lowest BCUT2D eigenvalue weighted by atomic mass is 9.70. The number of ether oxygens (including phenoxy) is 3. The largest absolute Gasteiger partial charge is 0.508 e. The number of aromatic nitrogens is 6. The van der Waals surface area contributed by atoms with Gasteiger partial charge in [-0.25, -0.2) is 19.6 Å². The minimum atomic E-state index is -0.779. The van der Waals surface area contributed by atoms with E-state index in [-0.39, 0.29) is 31.6 Å². The summed E-state index contributed by atoms with van der Waals surface area (Å²) in [7, 11) is 0. The Labute approximate surface area is 460 Å². The molecule has 13 rings (SSSR count). The van der Waals surface area contributed by atoms with Crippen molar-refractivity contribution in [2.45, 2.75) is 68.9 Å². The summed E-state index contributed by atoms with van der Waals surface area (Å²) >= 11 is 0. The summed E-state index contributed by atoms with van der Waals surface area (Å²) in [6.07, 6.45) is 19.0. The summed E-state index contributed by atoms with van der Waals surface area (Å²) in [4.78, 5) is 82.5. The molecule has 1 N–H and O–H groups in total. The second-order valence-electron chi connectivity index (χ2n) is 20.0. The second-order valence-corrected chi connectivity index (χ2v) is 20.0. The van der Waals surface area contributed by atoms with Crippen molar-refractivity contribution in [2.75, 3.05) is 49.3 Å². The van der Waals surface area contributed by atoms with E-state index in [1.165, 1.54) is 6.42 Å². The topological polar surface area (TPSA) is 251 Å². The van der Waals surface area contributed by atoms with E-state index in [9.17, 15) is 29.7 Å². The molecular weight excluding hydrogens is 1010 g/mol. The Morgan fingerprint density at radius 1 is 0.600 bits per heavy atom. The van der Waals surface area contributed by atoms with Crippen molar-refractivity contribution in [2.24, 2.45) is 0 Å². The van der Waals surface area contributed by atoms with Crippen molar-refractivity contribution in [1.29, 1.82) is 10.5 Å². The van der Waals surface area contributed by atoms with E-state index in [0.717, 1.165) is 97.7 Å². The average molecular weight is 1070 g/mol. The lowest BCUT2D eigenvalue weighted by Gasteiger charge is -2.38. The van der Waals surface area contributed by atoms with Crippen LogP contribution in [0.2, 0.25) is 0 Å². The fourth-order valence-electron chi connectivity index (χ4n) is 11.8. The highest BCUT2D eigenvalue weighted by molar-refractivity contribution is 6.09. The van der Waals surface area contributed by atoms with E-state index in [0.29, 0.717) is 62.8 Å². The molecule has 0 bridgehead atoms. The minimum absolute atomic E-state index is 0.0438. The van der Waals surface area contributed by atoms with Gasteiger partial charge in [0.25, 0.3) is 0 Å². The summed E-state index contributed by atoms with van der Waals surface area (Å²) in [5.41, 5.74) is 8.11. The Morgan fingerprint density at radius 3 is 1.52 bits per heavy atom. The van der Waals surface area contributed by atoms with Gasteiger partial charge in [-0.15, -0.1) is 0 Å². The molecule has 0 atom stereocenters. The number of nitriles is 2. The van der Waals surface area contributed by atoms with Crippen LogP contribution in [0.4, 0.5) is 21.0 Å². The Morgan fingerprint density at radius 2 is 1.09 bits per heavy atom. The lowest BCUT2D eigenvalue weighted by molar-refractivity contribution is -0.125. The number of likely N-dealkylation sites (tertiary alicyclic amines) is 1. The van der Waals surface area contributed by atoms with Gasteiger partial charge in [0, 0.05) is 83.3 Å². The zero-order valence-corrected chi connectivity index (χ0v) is 43.5. The number of pyridine rings is 6. The number of aliphatic hydroxyl groups is 1. The summed E-state index contributed by atoms with van der Waals surface area (Å²) in [5, 5.41) is 31.4. The monoisotopic (exact) mass is 1070 g/mol. The molecule has 400 valence electrons. The first-order valence-electron chi connectivity index (χ1n) is 26.5. The number of piperidine rings is 1. The third kappa shape index (κ3) is 9.83. The van der Waals surface area contributed by atoms with E-state index in [1.54, 1.807) is 52.9 Å². The van der Waals surface area contributed by atoms with Crippen molar-refractivity contribution in [3.05, 3.63) is 168 Å². The number of cyclic esters (lactones) is 2. The van der Waals surface area contributed by atoms with Crippen LogP contribution < -0.4 is 9.80 Å². The normalized spacial score (nSPS) is 16.4. The lowest BCUT2D eigenvalue weighted by Crippen LogP contribution is -2.50. The molecular formula is C61H53N11O8. The van der Waals surface area contributed by atoms with Gasteiger partial charge in [-0.3, -0.25) is 29.5 Å². The number of carbonyl (C=O) groups excluding carboxylic acids is 4. The molecule has 0 radical (unpaired) electrons. The molecule has 3 amide bonds. The standard InChI is InChI=1S/C30H26N6O4.C28H23N5O.C3H4O3/c31-15-22-6-5-21(17-33-22)27-23-4-2-1-3-20(23)16-34-25(27)19-36-26-18-32-10-7-24(26)30(28(36)38)8-11-35(12-9-30)29(39)40-14-13-37;29-14-21-9-8-20(16-31-21)26-22-7-3-2-6-19(22)15-32-24(26)18-33-25-17-30-13-10-23(25)28(27(33)34)11-4-1-5-12-28;4-3-5-1-2-6-3/h1-7,10,16-18,37H,8-9,11-14,19H2;2-3,6-10,13,15-17H,1,4-5,11-12,18H2;1-2H2. The number of hydrogen-bond acceptors (Lipinski definition) is 16. The van der Waals surface area contributed by atoms with Crippen molar-refractivity contribution in [1.82, 2.24) is 34.8 Å². The number of rotatable bonds is 8. The maximum atomic E-state index is 14.2. The number of fused-ring (bicyclic) bond motifs is 6. The number of nitrogens with zero attached hydrogens (tertiary/aromatic N) is 11. The number of hydrogen-bond donors (Lipinski definition) is 1. The first-order chi connectivity index (χ1) is 39.2. The molecule has 0 unspecified atom stereocenters. The first kappa shape index (κ1) is 52.3. The molecule has 5 aliphatic rings. The quantitative estimate of drug-likeness (QED) is 0.139. The molecule has 3 fully saturated rings. The van der Waals surface area contributed by atoms with Crippen molar-refractivity contribution in [3.8, 4) is 34.4 Å². The molecule has 10 heterocycles. The predicted octanol–water partition coefficient (Wildman–Crippen LogP) is 9.04. The van der Waals surface area contributed by atoms with Gasteiger partial charge < -0.3 is 34.0 Å². The highest BCUT2D eigenvalue weighted by Gasteiger charge is 2.53. The summed E-state index contributed by atoms with van der Waals surface area (Å²) in [6.45, 7) is 1.85. The molecule has 2 aromatic carbocycles. The Balaban J connectivity index is 0.000000154. The Kier molecular flexibility index (Phi) is 14.9. The van der Waals surface area contributed by atoms with Gasteiger partial charge in [0.05, 0.1) is 65.7 Å². The van der Waals surface area contributed by atoms with Crippen LogP contribution in [0.15, 0.2) is 135 Å². The van der Waals surface area contributed by atoms with E-state index >= 15 is 0 Å². The third-order valence-corrected chi connectivity index (χ3v) is 15.6. The zero-order chi connectivity index (χ0) is 55.2. The van der Waals surface area contributed by atoms with Crippen LogP contribution in [0.3, 0.4) is 0 Å². The van der Waals surface area contributed by atoms with Gasteiger partial charge in [-0.05, 0) is 84.0 Å².